The molecule has 0 saturated carbocycles. The lowest BCUT2D eigenvalue weighted by atomic mass is 9.95. The first kappa shape index (κ1) is 21.8. The van der Waals surface area contributed by atoms with Crippen LogP contribution in [0.15, 0.2) is 58.2 Å². The van der Waals surface area contributed by atoms with Gasteiger partial charge in [0.1, 0.15) is 12.6 Å². The minimum Gasteiger partial charge on any atom is -0.493 e. The number of allylic oxidation sites excluding steroid dienone is 1. The van der Waals surface area contributed by atoms with E-state index in [4.69, 9.17) is 14.2 Å². The first-order valence-electron chi connectivity index (χ1n) is 10.00. The van der Waals surface area contributed by atoms with Crippen molar-refractivity contribution in [1.29, 1.82) is 0 Å². The highest BCUT2D eigenvalue weighted by Gasteiger charge is 2.35. The number of tetrazole rings is 1. The molecule has 1 aliphatic heterocycles. The molecule has 0 spiro atoms. The van der Waals surface area contributed by atoms with Crippen molar-refractivity contribution in [1.82, 2.24) is 20.2 Å². The SMILES string of the molecule is CCOC(=O)C1=C(C)Nc2nnnn2C1c1cc(Br)c(OCc2ccccc2)c(OC)c1. The van der Waals surface area contributed by atoms with Gasteiger partial charge in [-0.05, 0) is 63.5 Å². The molecule has 0 amide bonds. The Balaban J connectivity index is 1.74. The molecule has 0 fully saturated rings. The van der Waals surface area contributed by atoms with Crippen LogP contribution in [0.4, 0.5) is 5.95 Å². The maximum Gasteiger partial charge on any atom is 0.338 e. The maximum atomic E-state index is 12.8. The van der Waals surface area contributed by atoms with Gasteiger partial charge in [-0.25, -0.2) is 4.79 Å². The number of ether oxygens (including phenoxy) is 3. The van der Waals surface area contributed by atoms with Crippen LogP contribution in [0.3, 0.4) is 0 Å². The zero-order valence-corrected chi connectivity index (χ0v) is 19.4. The third kappa shape index (κ3) is 4.18. The van der Waals surface area contributed by atoms with Gasteiger partial charge in [-0.1, -0.05) is 35.4 Å². The summed E-state index contributed by atoms with van der Waals surface area (Å²) in [6.45, 7) is 4.19. The molecular weight excluding hydrogens is 478 g/mol. The number of hydrogen-bond acceptors (Lipinski definition) is 8. The van der Waals surface area contributed by atoms with Gasteiger partial charge in [-0.2, -0.15) is 4.68 Å². The summed E-state index contributed by atoms with van der Waals surface area (Å²) in [5.41, 5.74) is 2.80. The molecule has 0 saturated heterocycles. The monoisotopic (exact) mass is 499 g/mol. The summed E-state index contributed by atoms with van der Waals surface area (Å²) in [5.74, 6) is 1.06. The number of carbonyl (C=O) groups excluding carboxylic acids is 1. The summed E-state index contributed by atoms with van der Waals surface area (Å²) in [7, 11) is 1.57. The zero-order chi connectivity index (χ0) is 22.7. The number of carbonyl (C=O) groups is 1. The lowest BCUT2D eigenvalue weighted by Gasteiger charge is -2.28. The quantitative estimate of drug-likeness (QED) is 0.488. The Bertz CT molecular complexity index is 1160. The summed E-state index contributed by atoms with van der Waals surface area (Å²) >= 11 is 3.60. The summed E-state index contributed by atoms with van der Waals surface area (Å²) < 4.78 is 19.2. The molecule has 1 aliphatic rings. The molecule has 0 bridgehead atoms. The van der Waals surface area contributed by atoms with Gasteiger partial charge in [0, 0.05) is 5.70 Å². The van der Waals surface area contributed by atoms with E-state index in [1.807, 2.05) is 42.5 Å². The van der Waals surface area contributed by atoms with Crippen LogP contribution in [0.1, 0.15) is 31.0 Å². The van der Waals surface area contributed by atoms with Crippen molar-refractivity contribution in [2.45, 2.75) is 26.5 Å². The van der Waals surface area contributed by atoms with Gasteiger partial charge < -0.3 is 19.5 Å². The highest BCUT2D eigenvalue weighted by atomic mass is 79.9. The molecule has 1 N–H and O–H groups in total. The molecule has 2 heterocycles. The van der Waals surface area contributed by atoms with Crippen molar-refractivity contribution in [3.63, 3.8) is 0 Å². The smallest absolute Gasteiger partial charge is 0.338 e. The normalized spacial score (nSPS) is 15.1. The van der Waals surface area contributed by atoms with Crippen LogP contribution >= 0.6 is 15.9 Å². The number of nitrogens with zero attached hydrogens (tertiary/aromatic N) is 4. The summed E-state index contributed by atoms with van der Waals surface area (Å²) in [6, 6.07) is 12.9. The highest BCUT2D eigenvalue weighted by molar-refractivity contribution is 9.10. The van der Waals surface area contributed by atoms with Crippen LogP contribution in [0.25, 0.3) is 0 Å². The second-order valence-corrected chi connectivity index (χ2v) is 7.90. The molecule has 9 nitrogen and oxygen atoms in total. The number of rotatable bonds is 7. The Kier molecular flexibility index (Phi) is 6.40. The number of nitrogens with one attached hydrogen (secondary N) is 1. The maximum absolute atomic E-state index is 12.8. The topological polar surface area (TPSA) is 100 Å². The number of methoxy groups -OCH3 is 1. The fraction of sp³-hybridized carbons (Fsp3) is 0.273. The Morgan fingerprint density at radius 1 is 1.25 bits per heavy atom. The number of hydrogen-bond donors (Lipinski definition) is 1. The Morgan fingerprint density at radius 2 is 2.03 bits per heavy atom. The first-order chi connectivity index (χ1) is 15.5. The first-order valence-corrected chi connectivity index (χ1v) is 10.8. The number of benzene rings is 2. The van der Waals surface area contributed by atoms with Crippen LogP contribution < -0.4 is 14.8 Å². The highest BCUT2D eigenvalue weighted by Crippen LogP contribution is 2.42. The van der Waals surface area contributed by atoms with E-state index in [-0.39, 0.29) is 6.61 Å². The standard InChI is InChI=1S/C22H22BrN5O4/c1-4-31-21(29)18-13(2)24-22-25-26-27-28(22)19(18)15-10-16(23)20(17(11-15)30-3)32-12-14-8-6-5-7-9-14/h5-11,19H,4,12H2,1-3H3,(H,24,25,27). The average molecular weight is 500 g/mol. The minimum atomic E-state index is -0.603. The van der Waals surface area contributed by atoms with E-state index in [1.54, 1.807) is 25.6 Å². The lowest BCUT2D eigenvalue weighted by Crippen LogP contribution is -2.29. The van der Waals surface area contributed by atoms with Gasteiger partial charge in [0.25, 0.3) is 0 Å². The van der Waals surface area contributed by atoms with E-state index in [0.29, 0.717) is 39.8 Å². The van der Waals surface area contributed by atoms with Crippen LogP contribution in [-0.2, 0) is 16.1 Å². The molecule has 0 aliphatic carbocycles. The second kappa shape index (κ2) is 9.39. The van der Waals surface area contributed by atoms with Gasteiger partial charge in [0.2, 0.25) is 5.95 Å². The number of anilines is 1. The van der Waals surface area contributed by atoms with Gasteiger partial charge in [-0.15, -0.1) is 0 Å². The van der Waals surface area contributed by atoms with Crippen molar-refractivity contribution < 1.29 is 19.0 Å². The Hall–Kier alpha value is -3.40. The van der Waals surface area contributed by atoms with Gasteiger partial charge in [0.05, 0.1) is 23.8 Å². The fourth-order valence-electron chi connectivity index (χ4n) is 3.56. The van der Waals surface area contributed by atoms with Crippen molar-refractivity contribution in [2.24, 2.45) is 0 Å². The predicted molar refractivity (Wildman–Crippen MR) is 120 cm³/mol. The lowest BCUT2D eigenvalue weighted by molar-refractivity contribution is -0.139. The molecule has 1 unspecified atom stereocenters. The molecular formula is C22H22BrN5O4. The van der Waals surface area contributed by atoms with Crippen LogP contribution in [0, 0.1) is 0 Å². The average Bonchev–Trinajstić information content (AvgIpc) is 3.25. The van der Waals surface area contributed by atoms with Crippen LogP contribution in [0.5, 0.6) is 11.5 Å². The van der Waals surface area contributed by atoms with Crippen LogP contribution in [0.2, 0.25) is 0 Å². The molecule has 1 atom stereocenters. The molecule has 1 aromatic heterocycles. The van der Waals surface area contributed by atoms with E-state index < -0.39 is 12.0 Å². The molecule has 0 radical (unpaired) electrons. The largest absolute Gasteiger partial charge is 0.493 e. The van der Waals surface area contributed by atoms with Crippen molar-refractivity contribution in [2.75, 3.05) is 19.0 Å². The molecule has 166 valence electrons. The van der Waals surface area contributed by atoms with E-state index in [2.05, 4.69) is 36.8 Å². The summed E-state index contributed by atoms with van der Waals surface area (Å²) in [6.07, 6.45) is 0. The van der Waals surface area contributed by atoms with Crippen molar-refractivity contribution >= 4 is 27.8 Å². The zero-order valence-electron chi connectivity index (χ0n) is 17.8. The van der Waals surface area contributed by atoms with Gasteiger partial charge in [-0.3, -0.25) is 0 Å². The molecule has 10 heteroatoms. The Morgan fingerprint density at radius 3 is 2.75 bits per heavy atom. The minimum absolute atomic E-state index is 0.254. The third-order valence-corrected chi connectivity index (χ3v) is 5.59. The summed E-state index contributed by atoms with van der Waals surface area (Å²) in [4.78, 5) is 12.8. The second-order valence-electron chi connectivity index (χ2n) is 7.04. The van der Waals surface area contributed by atoms with Crippen molar-refractivity contribution in [3.05, 3.63) is 69.3 Å². The molecule has 2 aromatic carbocycles. The van der Waals surface area contributed by atoms with E-state index in [1.165, 1.54) is 0 Å². The third-order valence-electron chi connectivity index (χ3n) is 5.00. The number of aromatic nitrogens is 4. The van der Waals surface area contributed by atoms with E-state index in [9.17, 15) is 4.79 Å². The molecule has 32 heavy (non-hydrogen) atoms. The Labute approximate surface area is 193 Å². The number of halogens is 1. The molecule has 3 aromatic rings. The summed E-state index contributed by atoms with van der Waals surface area (Å²) in [5, 5.41) is 14.9. The van der Waals surface area contributed by atoms with Gasteiger partial charge in [0.15, 0.2) is 11.5 Å². The number of fused-ring (bicyclic) bond motifs is 1. The fourth-order valence-corrected chi connectivity index (χ4v) is 4.14. The number of esters is 1. The van der Waals surface area contributed by atoms with Crippen molar-refractivity contribution in [3.8, 4) is 11.5 Å². The predicted octanol–water partition coefficient (Wildman–Crippen LogP) is 3.88. The van der Waals surface area contributed by atoms with E-state index in [0.717, 1.165) is 11.1 Å². The van der Waals surface area contributed by atoms with Crippen LogP contribution in [-0.4, -0.2) is 39.9 Å². The van der Waals surface area contributed by atoms with Gasteiger partial charge >= 0.3 is 5.97 Å². The van der Waals surface area contributed by atoms with E-state index >= 15 is 0 Å². The molecule has 4 rings (SSSR count).